The van der Waals surface area contributed by atoms with Crippen LogP contribution in [0, 0.1) is 0 Å². The summed E-state index contributed by atoms with van der Waals surface area (Å²) < 4.78 is 11.1. The van der Waals surface area contributed by atoms with Crippen molar-refractivity contribution in [1.29, 1.82) is 0 Å². The zero-order valence-electron chi connectivity index (χ0n) is 40.1. The highest BCUT2D eigenvalue weighted by molar-refractivity contribution is 5.80. The van der Waals surface area contributed by atoms with Gasteiger partial charge >= 0.3 is 0 Å². The van der Waals surface area contributed by atoms with Crippen molar-refractivity contribution in [3.05, 3.63) is 0 Å². The van der Waals surface area contributed by atoms with E-state index in [1.807, 2.05) is 0 Å². The predicted molar refractivity (Wildman–Crippen MR) is 252 cm³/mol. The molecular weight excluding hydrogens is 787 g/mol. The van der Waals surface area contributed by atoms with Crippen molar-refractivity contribution >= 4 is 5.91 Å². The summed E-state index contributed by atoms with van der Waals surface area (Å²) in [6.45, 7) is 3.48. The molecule has 0 saturated carbocycles. The molecule has 370 valence electrons. The molecule has 0 aromatic rings. The number of ether oxygens (including phenoxy) is 2. The van der Waals surface area contributed by atoms with Crippen LogP contribution in [0.1, 0.15) is 251 Å². The van der Waals surface area contributed by atoms with Gasteiger partial charge in [0.1, 0.15) is 36.6 Å². The standard InChI is InChI=1S/C51H101NO10/c1-3-5-7-9-11-13-15-17-19-21-22-23-25-27-29-31-33-35-37-39-44(55)50(60)52-42(41-61-51-49(59)48(58)47(57)45(40-53)62-51)46(56)43(54)38-36-34-32-30-28-26-24-20-18-16-14-12-10-8-6-4-2/h42-49,51,53-59H,3-41H2,1-2H3,(H,52,60). The van der Waals surface area contributed by atoms with Crippen LogP contribution in [0.25, 0.3) is 0 Å². The molecule has 9 unspecified atom stereocenters. The lowest BCUT2D eigenvalue weighted by molar-refractivity contribution is -0.303. The quantitative estimate of drug-likeness (QED) is 0.0273. The third-order valence-electron chi connectivity index (χ3n) is 13.2. The van der Waals surface area contributed by atoms with Crippen molar-refractivity contribution in [2.24, 2.45) is 0 Å². The van der Waals surface area contributed by atoms with Gasteiger partial charge in [0.25, 0.3) is 0 Å². The maximum absolute atomic E-state index is 13.1. The maximum Gasteiger partial charge on any atom is 0.249 e. The predicted octanol–water partition coefficient (Wildman–Crippen LogP) is 9.84. The van der Waals surface area contributed by atoms with Crippen molar-refractivity contribution in [1.82, 2.24) is 5.32 Å². The lowest BCUT2D eigenvalue weighted by Gasteiger charge is -2.40. The molecule has 1 fully saturated rings. The van der Waals surface area contributed by atoms with Crippen LogP contribution in [-0.2, 0) is 14.3 Å². The van der Waals surface area contributed by atoms with Crippen LogP contribution in [-0.4, -0.2) is 110 Å². The van der Waals surface area contributed by atoms with E-state index in [2.05, 4.69) is 19.2 Å². The Balaban J connectivity index is 2.36. The van der Waals surface area contributed by atoms with Crippen LogP contribution in [0.2, 0.25) is 0 Å². The van der Waals surface area contributed by atoms with E-state index < -0.39 is 74.2 Å². The van der Waals surface area contributed by atoms with E-state index in [-0.39, 0.29) is 6.42 Å². The van der Waals surface area contributed by atoms with Gasteiger partial charge in [-0.3, -0.25) is 4.79 Å². The van der Waals surface area contributed by atoms with Gasteiger partial charge in [-0.2, -0.15) is 0 Å². The molecule has 0 bridgehead atoms. The number of hydrogen-bond donors (Lipinski definition) is 8. The lowest BCUT2D eigenvalue weighted by atomic mass is 9.98. The second-order valence-corrected chi connectivity index (χ2v) is 19.0. The maximum atomic E-state index is 13.1. The van der Waals surface area contributed by atoms with Crippen LogP contribution < -0.4 is 5.32 Å². The molecule has 0 aromatic carbocycles. The van der Waals surface area contributed by atoms with Gasteiger partial charge in [0.15, 0.2) is 6.29 Å². The Bertz CT molecular complexity index is 975. The summed E-state index contributed by atoms with van der Waals surface area (Å²) in [6.07, 6.45) is 32.8. The number of amides is 1. The van der Waals surface area contributed by atoms with Gasteiger partial charge in [-0.05, 0) is 12.8 Å². The zero-order chi connectivity index (χ0) is 45.5. The largest absolute Gasteiger partial charge is 0.394 e. The Labute approximate surface area is 379 Å². The van der Waals surface area contributed by atoms with E-state index in [0.29, 0.717) is 19.3 Å². The second kappa shape index (κ2) is 41.5. The average Bonchev–Trinajstić information content (AvgIpc) is 3.27. The van der Waals surface area contributed by atoms with Crippen molar-refractivity contribution in [2.45, 2.75) is 306 Å². The Kier molecular flexibility index (Phi) is 39.6. The molecule has 0 radical (unpaired) electrons. The first kappa shape index (κ1) is 59.1. The van der Waals surface area contributed by atoms with E-state index in [1.165, 1.54) is 173 Å². The third-order valence-corrected chi connectivity index (χ3v) is 13.2. The van der Waals surface area contributed by atoms with Gasteiger partial charge in [0.05, 0.1) is 25.4 Å². The van der Waals surface area contributed by atoms with E-state index in [1.54, 1.807) is 0 Å². The van der Waals surface area contributed by atoms with E-state index in [4.69, 9.17) is 9.47 Å². The zero-order valence-corrected chi connectivity index (χ0v) is 40.1. The fourth-order valence-corrected chi connectivity index (χ4v) is 8.80. The van der Waals surface area contributed by atoms with E-state index in [9.17, 15) is 40.5 Å². The molecule has 11 nitrogen and oxygen atoms in total. The fourth-order valence-electron chi connectivity index (χ4n) is 8.80. The molecule has 62 heavy (non-hydrogen) atoms. The van der Waals surface area contributed by atoms with Crippen LogP contribution in [0.5, 0.6) is 0 Å². The molecule has 11 heteroatoms. The summed E-state index contributed by atoms with van der Waals surface area (Å²) >= 11 is 0. The van der Waals surface area contributed by atoms with Crippen molar-refractivity contribution in [2.75, 3.05) is 13.2 Å². The highest BCUT2D eigenvalue weighted by Gasteiger charge is 2.44. The van der Waals surface area contributed by atoms with Gasteiger partial charge in [0.2, 0.25) is 5.91 Å². The minimum absolute atomic E-state index is 0.267. The summed E-state index contributed by atoms with van der Waals surface area (Å²) in [5, 5.41) is 75.9. The van der Waals surface area contributed by atoms with Crippen LogP contribution in [0.3, 0.4) is 0 Å². The summed E-state index contributed by atoms with van der Waals surface area (Å²) in [6, 6.07) is -1.16. The normalized spacial score (nSPS) is 21.2. The van der Waals surface area contributed by atoms with E-state index in [0.717, 1.165) is 38.5 Å². The molecule has 8 N–H and O–H groups in total. The number of aliphatic hydroxyl groups excluding tert-OH is 7. The Morgan fingerprint density at radius 2 is 0.839 bits per heavy atom. The summed E-state index contributed by atoms with van der Waals surface area (Å²) in [4.78, 5) is 13.1. The molecule has 1 rings (SSSR count). The Morgan fingerprint density at radius 3 is 1.19 bits per heavy atom. The molecule has 1 aliphatic heterocycles. The smallest absolute Gasteiger partial charge is 0.249 e. The summed E-state index contributed by atoms with van der Waals surface area (Å²) in [5.41, 5.74) is 0. The number of unbranched alkanes of at least 4 members (excludes halogenated alkanes) is 33. The number of carbonyl (C=O) groups is 1. The number of rotatable bonds is 45. The second-order valence-electron chi connectivity index (χ2n) is 19.0. The first-order chi connectivity index (χ1) is 30.2. The minimum atomic E-state index is -1.66. The number of nitrogens with one attached hydrogen (secondary N) is 1. The molecule has 1 saturated heterocycles. The monoisotopic (exact) mass is 888 g/mol. The lowest BCUT2D eigenvalue weighted by Crippen LogP contribution is -2.60. The number of carbonyl (C=O) groups excluding carboxylic acids is 1. The highest BCUT2D eigenvalue weighted by atomic mass is 16.7. The van der Waals surface area contributed by atoms with Crippen molar-refractivity contribution in [3.63, 3.8) is 0 Å². The molecule has 0 aromatic heterocycles. The van der Waals surface area contributed by atoms with Crippen LogP contribution >= 0.6 is 0 Å². The molecule has 1 heterocycles. The molecule has 0 aliphatic carbocycles. The highest BCUT2D eigenvalue weighted by Crippen LogP contribution is 2.23. The minimum Gasteiger partial charge on any atom is -0.394 e. The molecule has 1 amide bonds. The average molecular weight is 888 g/mol. The molecular formula is C51H101NO10. The van der Waals surface area contributed by atoms with Crippen LogP contribution in [0.4, 0.5) is 0 Å². The van der Waals surface area contributed by atoms with Crippen molar-refractivity contribution < 1.29 is 50.0 Å². The molecule has 0 spiro atoms. The third kappa shape index (κ3) is 30.3. The first-order valence-corrected chi connectivity index (χ1v) is 26.4. The summed E-state index contributed by atoms with van der Waals surface area (Å²) in [7, 11) is 0. The van der Waals surface area contributed by atoms with Gasteiger partial charge in [0, 0.05) is 0 Å². The Morgan fingerprint density at radius 1 is 0.500 bits per heavy atom. The van der Waals surface area contributed by atoms with Gasteiger partial charge in [-0.1, -0.05) is 239 Å². The first-order valence-electron chi connectivity index (χ1n) is 26.4. The molecule has 1 aliphatic rings. The van der Waals surface area contributed by atoms with Gasteiger partial charge in [-0.25, -0.2) is 0 Å². The number of aliphatic hydroxyl groups is 7. The van der Waals surface area contributed by atoms with Gasteiger partial charge < -0.3 is 50.5 Å². The Hall–Kier alpha value is -0.890. The fraction of sp³-hybridized carbons (Fsp3) is 0.980. The van der Waals surface area contributed by atoms with Gasteiger partial charge in [-0.15, -0.1) is 0 Å². The van der Waals surface area contributed by atoms with Crippen molar-refractivity contribution in [3.8, 4) is 0 Å². The topological polar surface area (TPSA) is 189 Å². The van der Waals surface area contributed by atoms with E-state index >= 15 is 0 Å². The van der Waals surface area contributed by atoms with Crippen LogP contribution in [0.15, 0.2) is 0 Å². The number of hydrogen-bond acceptors (Lipinski definition) is 10. The SMILES string of the molecule is CCCCCCCCCCCCCCCCCCCCCC(O)C(=O)NC(COC1OC(CO)C(O)C(O)C1O)C(O)C(O)CCCCCCCCCCCCCCCCCC. The summed E-state index contributed by atoms with van der Waals surface area (Å²) in [5.74, 6) is -0.691. The molecule has 9 atom stereocenters.